The number of nitrogens with zero attached hydrogens (tertiary/aromatic N) is 4. The van der Waals surface area contributed by atoms with Gasteiger partial charge in [-0.2, -0.15) is 4.80 Å². The van der Waals surface area contributed by atoms with Crippen LogP contribution >= 0.6 is 0 Å². The first kappa shape index (κ1) is 13.4. The number of aromatic nitrogens is 4. The molecule has 7 heteroatoms. The van der Waals surface area contributed by atoms with Crippen LogP contribution in [0.3, 0.4) is 0 Å². The van der Waals surface area contributed by atoms with Gasteiger partial charge in [0.15, 0.2) is 5.82 Å². The average Bonchev–Trinajstić information content (AvgIpc) is 2.82. The van der Waals surface area contributed by atoms with E-state index in [-0.39, 0.29) is 11.6 Å². The van der Waals surface area contributed by atoms with Crippen molar-refractivity contribution in [1.82, 2.24) is 25.6 Å². The Morgan fingerprint density at radius 3 is 2.67 bits per heavy atom. The van der Waals surface area contributed by atoms with Gasteiger partial charge in [0, 0.05) is 13.5 Å². The molecule has 1 saturated carbocycles. The van der Waals surface area contributed by atoms with Crippen molar-refractivity contribution in [3.05, 3.63) is 5.82 Å². The zero-order chi connectivity index (χ0) is 13.0. The maximum atomic E-state index is 5.79. The first-order chi connectivity index (χ1) is 8.70. The lowest BCUT2D eigenvalue weighted by Crippen LogP contribution is -2.56. The van der Waals surface area contributed by atoms with Crippen LogP contribution in [-0.2, 0) is 18.2 Å². The molecule has 0 bridgehead atoms. The Kier molecular flexibility index (Phi) is 4.26. The predicted octanol–water partition coefficient (Wildman–Crippen LogP) is -0.0662. The first-order valence-electron chi connectivity index (χ1n) is 6.44. The van der Waals surface area contributed by atoms with Crippen LogP contribution in [0.5, 0.6) is 0 Å². The van der Waals surface area contributed by atoms with Crippen molar-refractivity contribution in [2.45, 2.75) is 50.2 Å². The van der Waals surface area contributed by atoms with Gasteiger partial charge in [0.05, 0.1) is 18.7 Å². The Morgan fingerprint density at radius 1 is 1.44 bits per heavy atom. The molecule has 1 unspecified atom stereocenters. The number of rotatable bonds is 5. The number of nitrogens with two attached hydrogens (primary N) is 1. The number of ether oxygens (including phenoxy) is 1. The van der Waals surface area contributed by atoms with Gasteiger partial charge in [-0.25, -0.2) is 0 Å². The van der Waals surface area contributed by atoms with Gasteiger partial charge in [-0.15, -0.1) is 10.2 Å². The topological polar surface area (TPSA) is 90.9 Å². The van der Waals surface area contributed by atoms with Crippen molar-refractivity contribution >= 4 is 0 Å². The van der Waals surface area contributed by atoms with Crippen LogP contribution in [0.15, 0.2) is 0 Å². The normalized spacial score (nSPS) is 20.8. The predicted molar refractivity (Wildman–Crippen MR) is 66.4 cm³/mol. The zero-order valence-electron chi connectivity index (χ0n) is 11.1. The second kappa shape index (κ2) is 5.73. The molecule has 1 atom stereocenters. The Bertz CT molecular complexity index is 373. The SMILES string of the molecule is COC1(C(Cc2nnn(C)n2)NN)CCCCC1. The lowest BCUT2D eigenvalue weighted by Gasteiger charge is -2.41. The largest absolute Gasteiger partial charge is 0.377 e. The third-order valence-corrected chi connectivity index (χ3v) is 3.88. The molecule has 7 nitrogen and oxygen atoms in total. The first-order valence-corrected chi connectivity index (χ1v) is 6.44. The molecule has 102 valence electrons. The van der Waals surface area contributed by atoms with Crippen LogP contribution in [0.4, 0.5) is 0 Å². The van der Waals surface area contributed by atoms with Crippen LogP contribution < -0.4 is 11.3 Å². The Balaban J connectivity index is 2.10. The van der Waals surface area contributed by atoms with E-state index < -0.39 is 0 Å². The summed E-state index contributed by atoms with van der Waals surface area (Å²) in [6.45, 7) is 0. The molecule has 1 aromatic rings. The number of methoxy groups -OCH3 is 1. The number of tetrazole rings is 1. The van der Waals surface area contributed by atoms with E-state index in [1.807, 2.05) is 0 Å². The molecule has 0 aromatic carbocycles. The van der Waals surface area contributed by atoms with E-state index in [9.17, 15) is 0 Å². The van der Waals surface area contributed by atoms with Crippen LogP contribution in [-0.4, -0.2) is 39.0 Å². The number of hydrogen-bond donors (Lipinski definition) is 2. The molecule has 0 aliphatic heterocycles. The summed E-state index contributed by atoms with van der Waals surface area (Å²) in [5.74, 6) is 6.40. The summed E-state index contributed by atoms with van der Waals surface area (Å²) in [7, 11) is 3.52. The molecule has 0 saturated heterocycles. The summed E-state index contributed by atoms with van der Waals surface area (Å²) in [6.07, 6.45) is 6.32. The molecular formula is C11H22N6O. The van der Waals surface area contributed by atoms with Gasteiger partial charge in [0.2, 0.25) is 0 Å². The van der Waals surface area contributed by atoms with Gasteiger partial charge in [-0.3, -0.25) is 11.3 Å². The molecule has 18 heavy (non-hydrogen) atoms. The summed E-state index contributed by atoms with van der Waals surface area (Å²) >= 11 is 0. The van der Waals surface area contributed by atoms with E-state index >= 15 is 0 Å². The molecule has 1 heterocycles. The average molecular weight is 254 g/mol. The summed E-state index contributed by atoms with van der Waals surface area (Å²) in [5, 5.41) is 12.1. The number of aryl methyl sites for hydroxylation is 1. The van der Waals surface area contributed by atoms with Gasteiger partial charge in [0.25, 0.3) is 0 Å². The second-order valence-corrected chi connectivity index (χ2v) is 4.95. The van der Waals surface area contributed by atoms with Crippen molar-refractivity contribution in [2.75, 3.05) is 7.11 Å². The molecule has 2 rings (SSSR count). The highest BCUT2D eigenvalue weighted by atomic mass is 16.5. The minimum Gasteiger partial charge on any atom is -0.377 e. The van der Waals surface area contributed by atoms with Gasteiger partial charge in [-0.1, -0.05) is 19.3 Å². The lowest BCUT2D eigenvalue weighted by molar-refractivity contribution is -0.0677. The van der Waals surface area contributed by atoms with Gasteiger partial charge in [-0.05, 0) is 18.1 Å². The van der Waals surface area contributed by atoms with E-state index in [0.29, 0.717) is 12.2 Å². The van der Waals surface area contributed by atoms with E-state index in [1.165, 1.54) is 24.1 Å². The highest BCUT2D eigenvalue weighted by molar-refractivity contribution is 4.99. The Hall–Kier alpha value is -1.05. The quantitative estimate of drug-likeness (QED) is 0.565. The molecule has 1 aliphatic carbocycles. The van der Waals surface area contributed by atoms with Crippen LogP contribution in [0.2, 0.25) is 0 Å². The highest BCUT2D eigenvalue weighted by Crippen LogP contribution is 2.34. The van der Waals surface area contributed by atoms with E-state index in [1.54, 1.807) is 14.2 Å². The summed E-state index contributed by atoms with van der Waals surface area (Å²) in [6, 6.07) is 0.0204. The van der Waals surface area contributed by atoms with Gasteiger partial charge < -0.3 is 4.74 Å². The fourth-order valence-electron chi connectivity index (χ4n) is 2.83. The minimum atomic E-state index is -0.202. The Morgan fingerprint density at radius 2 is 2.17 bits per heavy atom. The minimum absolute atomic E-state index is 0.0204. The number of hydrogen-bond acceptors (Lipinski definition) is 6. The van der Waals surface area contributed by atoms with Crippen molar-refractivity contribution < 1.29 is 4.74 Å². The summed E-state index contributed by atoms with van der Waals surface area (Å²) in [5.41, 5.74) is 2.68. The lowest BCUT2D eigenvalue weighted by atomic mass is 9.78. The zero-order valence-corrected chi connectivity index (χ0v) is 11.1. The molecule has 1 aromatic heterocycles. The molecule has 0 spiro atoms. The van der Waals surface area contributed by atoms with E-state index in [0.717, 1.165) is 12.8 Å². The second-order valence-electron chi connectivity index (χ2n) is 4.95. The maximum absolute atomic E-state index is 5.79. The summed E-state index contributed by atoms with van der Waals surface area (Å²) < 4.78 is 5.79. The van der Waals surface area contributed by atoms with Crippen LogP contribution in [0.25, 0.3) is 0 Å². The van der Waals surface area contributed by atoms with Gasteiger partial charge >= 0.3 is 0 Å². The number of hydrazine groups is 1. The third-order valence-electron chi connectivity index (χ3n) is 3.88. The smallest absolute Gasteiger partial charge is 0.176 e. The van der Waals surface area contributed by atoms with Crippen LogP contribution in [0.1, 0.15) is 37.9 Å². The molecular weight excluding hydrogens is 232 g/mol. The van der Waals surface area contributed by atoms with Crippen molar-refractivity contribution in [3.8, 4) is 0 Å². The molecule has 0 amide bonds. The van der Waals surface area contributed by atoms with Crippen LogP contribution in [0, 0.1) is 0 Å². The molecule has 1 fully saturated rings. The van der Waals surface area contributed by atoms with Gasteiger partial charge in [0.1, 0.15) is 0 Å². The van der Waals surface area contributed by atoms with Crippen molar-refractivity contribution in [1.29, 1.82) is 0 Å². The fourth-order valence-corrected chi connectivity index (χ4v) is 2.83. The number of nitrogens with one attached hydrogen (secondary N) is 1. The highest BCUT2D eigenvalue weighted by Gasteiger charge is 2.40. The monoisotopic (exact) mass is 254 g/mol. The van der Waals surface area contributed by atoms with Crippen molar-refractivity contribution in [3.63, 3.8) is 0 Å². The third kappa shape index (κ3) is 2.68. The standard InChI is InChI=1S/C11H22N6O/c1-17-15-10(14-16-17)8-9(13-12)11(18-2)6-4-3-5-7-11/h9,13H,3-8,12H2,1-2H3. The molecule has 3 N–H and O–H groups in total. The van der Waals surface area contributed by atoms with E-state index in [4.69, 9.17) is 10.6 Å². The van der Waals surface area contributed by atoms with Crippen molar-refractivity contribution in [2.24, 2.45) is 12.9 Å². The van der Waals surface area contributed by atoms with E-state index in [2.05, 4.69) is 20.8 Å². The Labute approximate surface area is 107 Å². The molecule has 0 radical (unpaired) electrons. The summed E-state index contributed by atoms with van der Waals surface area (Å²) in [4.78, 5) is 1.46. The molecule has 1 aliphatic rings. The fraction of sp³-hybridized carbons (Fsp3) is 0.909. The maximum Gasteiger partial charge on any atom is 0.176 e.